The lowest BCUT2D eigenvalue weighted by Gasteiger charge is -2.21. The Hall–Kier alpha value is -1.87. The normalized spacial score (nSPS) is 17.9. The molecule has 1 aliphatic rings. The number of hydrogen-bond donors (Lipinski definition) is 1. The first-order chi connectivity index (χ1) is 11.5. The minimum absolute atomic E-state index is 0.00226. The maximum Gasteiger partial charge on any atom is 0.251 e. The quantitative estimate of drug-likeness (QED) is 0.630. The number of H-pyrrole nitrogens is 1. The molecule has 0 radical (unpaired) electrons. The Kier molecular flexibility index (Phi) is 3.84. The Morgan fingerprint density at radius 3 is 2.83 bits per heavy atom. The highest BCUT2D eigenvalue weighted by Crippen LogP contribution is 2.43. The summed E-state index contributed by atoms with van der Waals surface area (Å²) in [5, 5.41) is 1.10. The first-order valence-electron chi connectivity index (χ1n) is 8.45. The molecule has 4 rings (SSSR count). The molecule has 1 aromatic heterocycles. The van der Waals surface area contributed by atoms with Crippen LogP contribution in [0.25, 0.3) is 10.9 Å². The van der Waals surface area contributed by atoms with E-state index in [1.165, 1.54) is 23.1 Å². The van der Waals surface area contributed by atoms with Crippen LogP contribution in [-0.4, -0.2) is 4.98 Å². The first-order valence-corrected chi connectivity index (χ1v) is 9.24. The number of hydrogen-bond acceptors (Lipinski definition) is 1. The second kappa shape index (κ2) is 5.89. The summed E-state index contributed by atoms with van der Waals surface area (Å²) in [4.78, 5) is 14.9. The topological polar surface area (TPSA) is 32.9 Å². The molecule has 0 spiro atoms. The van der Waals surface area contributed by atoms with Gasteiger partial charge in [-0.1, -0.05) is 41.1 Å². The minimum atomic E-state index is 0.00226. The number of pyridine rings is 1. The Balaban J connectivity index is 1.74. The van der Waals surface area contributed by atoms with Gasteiger partial charge in [0.05, 0.1) is 0 Å². The van der Waals surface area contributed by atoms with Crippen molar-refractivity contribution in [1.82, 2.24) is 4.98 Å². The molecule has 0 bridgehead atoms. The molecule has 2 atom stereocenters. The van der Waals surface area contributed by atoms with Crippen molar-refractivity contribution in [2.75, 3.05) is 0 Å². The van der Waals surface area contributed by atoms with Crippen LogP contribution in [0.3, 0.4) is 0 Å². The minimum Gasteiger partial charge on any atom is -0.322 e. The largest absolute Gasteiger partial charge is 0.322 e. The number of fused-ring (bicyclic) bond motifs is 2. The van der Waals surface area contributed by atoms with Gasteiger partial charge < -0.3 is 4.98 Å². The van der Waals surface area contributed by atoms with Crippen molar-refractivity contribution in [3.8, 4) is 0 Å². The monoisotopic (exact) mass is 381 g/mol. The lowest BCUT2D eigenvalue weighted by atomic mass is 9.83. The fourth-order valence-corrected chi connectivity index (χ4v) is 4.35. The van der Waals surface area contributed by atoms with Crippen molar-refractivity contribution in [2.24, 2.45) is 0 Å². The van der Waals surface area contributed by atoms with Gasteiger partial charge in [-0.25, -0.2) is 0 Å². The van der Waals surface area contributed by atoms with Gasteiger partial charge in [-0.05, 0) is 77.9 Å². The van der Waals surface area contributed by atoms with E-state index in [9.17, 15) is 4.79 Å². The predicted octanol–water partition coefficient (Wildman–Crippen LogP) is 5.43. The molecule has 24 heavy (non-hydrogen) atoms. The summed E-state index contributed by atoms with van der Waals surface area (Å²) in [5.41, 5.74) is 5.93. The van der Waals surface area contributed by atoms with Gasteiger partial charge in [-0.15, -0.1) is 0 Å². The zero-order valence-corrected chi connectivity index (χ0v) is 15.5. The van der Waals surface area contributed by atoms with E-state index >= 15 is 0 Å². The SMILES string of the molecule is Cc1cc2ccc(C(C)C3CCc4ccc(Br)cc43)cc2[nH]c1=O. The molecule has 122 valence electrons. The number of aryl methyl sites for hydroxylation is 2. The summed E-state index contributed by atoms with van der Waals surface area (Å²) in [6.07, 6.45) is 2.34. The molecule has 2 aromatic carbocycles. The molecular formula is C21H20BrNO. The van der Waals surface area contributed by atoms with Crippen molar-refractivity contribution < 1.29 is 0 Å². The molecule has 0 saturated heterocycles. The van der Waals surface area contributed by atoms with E-state index in [4.69, 9.17) is 0 Å². The van der Waals surface area contributed by atoms with Gasteiger partial charge in [-0.2, -0.15) is 0 Å². The van der Waals surface area contributed by atoms with Crippen LogP contribution in [0.1, 0.15) is 47.4 Å². The average molecular weight is 382 g/mol. The molecular weight excluding hydrogens is 362 g/mol. The highest BCUT2D eigenvalue weighted by atomic mass is 79.9. The van der Waals surface area contributed by atoms with Crippen LogP contribution < -0.4 is 5.56 Å². The zero-order valence-electron chi connectivity index (χ0n) is 13.9. The zero-order chi connectivity index (χ0) is 16.8. The highest BCUT2D eigenvalue weighted by molar-refractivity contribution is 9.10. The fraction of sp³-hybridized carbons (Fsp3) is 0.286. The van der Waals surface area contributed by atoms with E-state index < -0.39 is 0 Å². The van der Waals surface area contributed by atoms with Crippen LogP contribution in [0.2, 0.25) is 0 Å². The molecule has 0 fully saturated rings. The van der Waals surface area contributed by atoms with Gasteiger partial charge in [0.15, 0.2) is 0 Å². The molecule has 0 saturated carbocycles. The summed E-state index contributed by atoms with van der Waals surface area (Å²) in [6, 6.07) is 15.1. The van der Waals surface area contributed by atoms with Crippen molar-refractivity contribution in [1.29, 1.82) is 0 Å². The Morgan fingerprint density at radius 2 is 2.00 bits per heavy atom. The Bertz CT molecular complexity index is 989. The molecule has 1 N–H and O–H groups in total. The maximum absolute atomic E-state index is 11.9. The van der Waals surface area contributed by atoms with Crippen molar-refractivity contribution in [3.63, 3.8) is 0 Å². The second-order valence-corrected chi connectivity index (χ2v) is 7.82. The maximum atomic E-state index is 11.9. The lowest BCUT2D eigenvalue weighted by Crippen LogP contribution is -2.10. The molecule has 3 aromatic rings. The van der Waals surface area contributed by atoms with Crippen molar-refractivity contribution >= 4 is 26.8 Å². The fourth-order valence-electron chi connectivity index (χ4n) is 3.97. The third kappa shape index (κ3) is 2.61. The van der Waals surface area contributed by atoms with Crippen LogP contribution in [0, 0.1) is 6.92 Å². The van der Waals surface area contributed by atoms with Crippen LogP contribution in [0.15, 0.2) is 51.7 Å². The van der Waals surface area contributed by atoms with Crippen LogP contribution in [-0.2, 0) is 6.42 Å². The van der Waals surface area contributed by atoms with Gasteiger partial charge >= 0.3 is 0 Å². The van der Waals surface area contributed by atoms with Crippen molar-refractivity contribution in [3.05, 3.63) is 79.5 Å². The predicted molar refractivity (Wildman–Crippen MR) is 103 cm³/mol. The summed E-state index contributed by atoms with van der Waals surface area (Å²) in [6.45, 7) is 4.15. The van der Waals surface area contributed by atoms with Gasteiger partial charge in [0.1, 0.15) is 0 Å². The second-order valence-electron chi connectivity index (χ2n) is 6.91. The molecule has 2 unspecified atom stereocenters. The van der Waals surface area contributed by atoms with E-state index in [-0.39, 0.29) is 5.56 Å². The molecule has 0 aliphatic heterocycles. The molecule has 1 aliphatic carbocycles. The van der Waals surface area contributed by atoms with E-state index in [0.717, 1.165) is 27.4 Å². The number of aromatic amines is 1. The van der Waals surface area contributed by atoms with Gasteiger partial charge in [0, 0.05) is 15.6 Å². The van der Waals surface area contributed by atoms with E-state index in [0.29, 0.717) is 11.8 Å². The van der Waals surface area contributed by atoms with Gasteiger partial charge in [0.25, 0.3) is 5.56 Å². The number of benzene rings is 2. The molecule has 2 nitrogen and oxygen atoms in total. The summed E-state index contributed by atoms with van der Waals surface area (Å²) in [5.74, 6) is 0.960. The lowest BCUT2D eigenvalue weighted by molar-refractivity contribution is 0.571. The first kappa shape index (κ1) is 15.6. The molecule has 0 amide bonds. The van der Waals surface area contributed by atoms with E-state index in [1.807, 2.05) is 13.0 Å². The van der Waals surface area contributed by atoms with Crippen molar-refractivity contribution in [2.45, 2.75) is 38.5 Å². The van der Waals surface area contributed by atoms with Crippen LogP contribution in [0.4, 0.5) is 0 Å². The average Bonchev–Trinajstić information content (AvgIpc) is 2.98. The van der Waals surface area contributed by atoms with Gasteiger partial charge in [0.2, 0.25) is 0 Å². The number of nitrogens with one attached hydrogen (secondary N) is 1. The Morgan fingerprint density at radius 1 is 1.17 bits per heavy atom. The molecule has 1 heterocycles. The third-order valence-electron chi connectivity index (χ3n) is 5.42. The number of halogens is 1. The van der Waals surface area contributed by atoms with E-state index in [2.05, 4.69) is 64.2 Å². The van der Waals surface area contributed by atoms with Gasteiger partial charge in [-0.3, -0.25) is 4.79 Å². The van der Waals surface area contributed by atoms with E-state index in [1.54, 1.807) is 0 Å². The Labute approximate surface area is 150 Å². The summed E-state index contributed by atoms with van der Waals surface area (Å²) in [7, 11) is 0. The van der Waals surface area contributed by atoms with Crippen LogP contribution in [0.5, 0.6) is 0 Å². The number of rotatable bonds is 2. The summed E-state index contributed by atoms with van der Waals surface area (Å²) < 4.78 is 1.15. The number of aromatic nitrogens is 1. The molecule has 3 heteroatoms. The highest BCUT2D eigenvalue weighted by Gasteiger charge is 2.28. The smallest absolute Gasteiger partial charge is 0.251 e. The van der Waals surface area contributed by atoms with Crippen LogP contribution >= 0.6 is 15.9 Å². The summed E-state index contributed by atoms with van der Waals surface area (Å²) >= 11 is 3.61. The third-order valence-corrected chi connectivity index (χ3v) is 5.91. The standard InChI is InChI=1S/C21H20BrNO/c1-12-9-16-4-3-15(10-20(16)23-21(12)24)13(2)18-8-6-14-5-7-17(22)11-19(14)18/h3-5,7,9-11,13,18H,6,8H2,1-2H3,(H,23,24).